The van der Waals surface area contributed by atoms with Crippen molar-refractivity contribution in [3.8, 4) is 0 Å². The van der Waals surface area contributed by atoms with Crippen molar-refractivity contribution < 1.29 is 5.11 Å². The molecule has 88 valence electrons. The summed E-state index contributed by atoms with van der Waals surface area (Å²) in [5.74, 6) is 0.734. The fraction of sp³-hybridized carbons (Fsp3) is 0.500. The van der Waals surface area contributed by atoms with Crippen LogP contribution in [-0.2, 0) is 6.54 Å². The largest absolute Gasteiger partial charge is 0.396 e. The zero-order valence-electron chi connectivity index (χ0n) is 9.08. The summed E-state index contributed by atoms with van der Waals surface area (Å²) in [5, 5.41) is 13.1. The SMILES string of the molecule is OCCSc1ccc(Cl)cc1CNC1CC1. The van der Waals surface area contributed by atoms with Crippen LogP contribution in [0.2, 0.25) is 5.02 Å². The van der Waals surface area contributed by atoms with E-state index in [4.69, 9.17) is 16.7 Å². The Bertz CT molecular complexity index is 355. The number of hydrogen-bond acceptors (Lipinski definition) is 3. The molecule has 2 N–H and O–H groups in total. The number of aliphatic hydroxyl groups is 1. The fourth-order valence-corrected chi connectivity index (χ4v) is 2.51. The monoisotopic (exact) mass is 257 g/mol. The van der Waals surface area contributed by atoms with Crippen molar-refractivity contribution in [2.45, 2.75) is 30.3 Å². The minimum atomic E-state index is 0.211. The number of nitrogens with one attached hydrogen (secondary N) is 1. The van der Waals surface area contributed by atoms with E-state index >= 15 is 0 Å². The van der Waals surface area contributed by atoms with Crippen LogP contribution in [-0.4, -0.2) is 23.5 Å². The Morgan fingerprint density at radius 2 is 2.25 bits per heavy atom. The van der Waals surface area contributed by atoms with Crippen molar-refractivity contribution in [2.24, 2.45) is 0 Å². The number of halogens is 1. The molecule has 0 aromatic heterocycles. The van der Waals surface area contributed by atoms with Crippen LogP contribution in [0.1, 0.15) is 18.4 Å². The number of hydrogen-bond donors (Lipinski definition) is 2. The summed E-state index contributed by atoms with van der Waals surface area (Å²) >= 11 is 7.67. The van der Waals surface area contributed by atoms with E-state index in [-0.39, 0.29) is 6.61 Å². The van der Waals surface area contributed by atoms with Gasteiger partial charge in [0.25, 0.3) is 0 Å². The molecule has 2 rings (SSSR count). The van der Waals surface area contributed by atoms with Crippen LogP contribution < -0.4 is 5.32 Å². The van der Waals surface area contributed by atoms with E-state index in [1.165, 1.54) is 23.3 Å². The van der Waals surface area contributed by atoms with Gasteiger partial charge >= 0.3 is 0 Å². The molecule has 0 spiro atoms. The molecule has 1 fully saturated rings. The van der Waals surface area contributed by atoms with E-state index in [1.54, 1.807) is 11.8 Å². The third-order valence-corrected chi connectivity index (χ3v) is 3.86. The van der Waals surface area contributed by atoms with Crippen molar-refractivity contribution >= 4 is 23.4 Å². The molecule has 2 nitrogen and oxygen atoms in total. The van der Waals surface area contributed by atoms with Crippen LogP contribution in [0, 0.1) is 0 Å². The second kappa shape index (κ2) is 5.92. The summed E-state index contributed by atoms with van der Waals surface area (Å²) in [4.78, 5) is 1.21. The lowest BCUT2D eigenvalue weighted by Gasteiger charge is -2.10. The van der Waals surface area contributed by atoms with Gasteiger partial charge in [0.1, 0.15) is 0 Å². The fourth-order valence-electron chi connectivity index (χ4n) is 1.52. The number of rotatable bonds is 6. The summed E-state index contributed by atoms with van der Waals surface area (Å²) in [5.41, 5.74) is 1.23. The Kier molecular flexibility index (Phi) is 4.53. The van der Waals surface area contributed by atoms with Crippen LogP contribution in [0.4, 0.5) is 0 Å². The molecule has 1 aromatic carbocycles. The zero-order chi connectivity index (χ0) is 11.4. The molecule has 0 bridgehead atoms. The van der Waals surface area contributed by atoms with Crippen LogP contribution in [0.3, 0.4) is 0 Å². The van der Waals surface area contributed by atoms with E-state index in [2.05, 4.69) is 5.32 Å². The highest BCUT2D eigenvalue weighted by atomic mass is 35.5. The predicted octanol–water partition coefficient (Wildman–Crippen LogP) is 2.68. The zero-order valence-corrected chi connectivity index (χ0v) is 10.7. The Morgan fingerprint density at radius 3 is 2.94 bits per heavy atom. The summed E-state index contributed by atoms with van der Waals surface area (Å²) in [6, 6.07) is 6.65. The molecule has 1 aliphatic carbocycles. The van der Waals surface area contributed by atoms with E-state index in [0.29, 0.717) is 6.04 Å². The molecule has 0 atom stereocenters. The van der Waals surface area contributed by atoms with Gasteiger partial charge in [-0.05, 0) is 36.6 Å². The van der Waals surface area contributed by atoms with Gasteiger partial charge in [-0.15, -0.1) is 11.8 Å². The van der Waals surface area contributed by atoms with Crippen molar-refractivity contribution in [1.82, 2.24) is 5.32 Å². The van der Waals surface area contributed by atoms with Gasteiger partial charge < -0.3 is 10.4 Å². The molecular weight excluding hydrogens is 242 g/mol. The normalized spacial score (nSPS) is 15.4. The van der Waals surface area contributed by atoms with Gasteiger partial charge in [0.2, 0.25) is 0 Å². The second-order valence-electron chi connectivity index (χ2n) is 3.98. The van der Waals surface area contributed by atoms with Crippen molar-refractivity contribution in [1.29, 1.82) is 0 Å². The number of benzene rings is 1. The van der Waals surface area contributed by atoms with Crippen LogP contribution in [0.15, 0.2) is 23.1 Å². The first-order valence-corrected chi connectivity index (χ1v) is 6.91. The van der Waals surface area contributed by atoms with Crippen molar-refractivity contribution in [3.63, 3.8) is 0 Å². The first-order valence-electron chi connectivity index (χ1n) is 5.55. The summed E-state index contributed by atoms with van der Waals surface area (Å²) in [6.07, 6.45) is 2.58. The maximum atomic E-state index is 8.84. The standard InChI is InChI=1S/C12H16ClNOS/c13-10-1-4-12(16-6-5-15)9(7-10)8-14-11-2-3-11/h1,4,7,11,14-15H,2-3,5-6,8H2. The lowest BCUT2D eigenvalue weighted by atomic mass is 10.2. The Morgan fingerprint density at radius 1 is 1.44 bits per heavy atom. The number of aliphatic hydroxyl groups excluding tert-OH is 1. The smallest absolute Gasteiger partial charge is 0.0525 e. The molecule has 4 heteroatoms. The molecule has 0 heterocycles. The van der Waals surface area contributed by atoms with Crippen LogP contribution >= 0.6 is 23.4 Å². The summed E-state index contributed by atoms with van der Waals surface area (Å²) in [6.45, 7) is 1.09. The Hall–Kier alpha value is -0.220. The topological polar surface area (TPSA) is 32.3 Å². The molecule has 0 aliphatic heterocycles. The average Bonchev–Trinajstić information content (AvgIpc) is 3.09. The van der Waals surface area contributed by atoms with Gasteiger partial charge in [0.15, 0.2) is 0 Å². The minimum absolute atomic E-state index is 0.211. The van der Waals surface area contributed by atoms with Crippen LogP contribution in [0.25, 0.3) is 0 Å². The highest BCUT2D eigenvalue weighted by Gasteiger charge is 2.20. The van der Waals surface area contributed by atoms with E-state index < -0.39 is 0 Å². The molecule has 16 heavy (non-hydrogen) atoms. The van der Waals surface area contributed by atoms with Crippen LogP contribution in [0.5, 0.6) is 0 Å². The second-order valence-corrected chi connectivity index (χ2v) is 5.55. The van der Waals surface area contributed by atoms with E-state index in [0.717, 1.165) is 17.3 Å². The molecule has 1 saturated carbocycles. The Labute approximate surface area is 105 Å². The third kappa shape index (κ3) is 3.67. The molecule has 1 aliphatic rings. The first kappa shape index (κ1) is 12.2. The number of thioether (sulfide) groups is 1. The van der Waals surface area contributed by atoms with Gasteiger partial charge in [-0.1, -0.05) is 11.6 Å². The van der Waals surface area contributed by atoms with Crippen molar-refractivity contribution in [2.75, 3.05) is 12.4 Å². The molecule has 0 saturated heterocycles. The van der Waals surface area contributed by atoms with Gasteiger partial charge in [-0.2, -0.15) is 0 Å². The maximum absolute atomic E-state index is 8.84. The van der Waals surface area contributed by atoms with E-state index in [9.17, 15) is 0 Å². The first-order chi connectivity index (χ1) is 7.79. The maximum Gasteiger partial charge on any atom is 0.0525 e. The third-order valence-electron chi connectivity index (χ3n) is 2.53. The lowest BCUT2D eigenvalue weighted by Crippen LogP contribution is -2.15. The van der Waals surface area contributed by atoms with Gasteiger partial charge in [0.05, 0.1) is 6.61 Å². The average molecular weight is 258 g/mol. The quantitative estimate of drug-likeness (QED) is 0.769. The predicted molar refractivity (Wildman–Crippen MR) is 69.1 cm³/mol. The van der Waals surface area contributed by atoms with Crippen molar-refractivity contribution in [3.05, 3.63) is 28.8 Å². The highest BCUT2D eigenvalue weighted by Crippen LogP contribution is 2.27. The molecular formula is C12H16ClNOS. The lowest BCUT2D eigenvalue weighted by molar-refractivity contribution is 0.322. The molecule has 0 unspecified atom stereocenters. The molecule has 1 aromatic rings. The Balaban J connectivity index is 2.01. The van der Waals surface area contributed by atoms with Gasteiger partial charge in [-0.25, -0.2) is 0 Å². The van der Waals surface area contributed by atoms with Gasteiger partial charge in [0, 0.05) is 28.3 Å². The summed E-state index contributed by atoms with van der Waals surface area (Å²) < 4.78 is 0. The minimum Gasteiger partial charge on any atom is -0.396 e. The summed E-state index contributed by atoms with van der Waals surface area (Å²) in [7, 11) is 0. The van der Waals surface area contributed by atoms with Gasteiger partial charge in [-0.3, -0.25) is 0 Å². The molecule has 0 amide bonds. The van der Waals surface area contributed by atoms with E-state index in [1.807, 2.05) is 18.2 Å². The highest BCUT2D eigenvalue weighted by molar-refractivity contribution is 7.99. The molecule has 0 radical (unpaired) electrons.